The van der Waals surface area contributed by atoms with Gasteiger partial charge in [0.05, 0.1) is 12.8 Å². The third-order valence-electron chi connectivity index (χ3n) is 3.89. The second-order valence-corrected chi connectivity index (χ2v) is 6.77. The van der Waals surface area contributed by atoms with Gasteiger partial charge in [0.1, 0.15) is 19.0 Å². The summed E-state index contributed by atoms with van der Waals surface area (Å²) in [7, 11) is 0. The Morgan fingerprint density at radius 2 is 1.89 bits per heavy atom. The maximum atomic E-state index is 12.1. The van der Waals surface area contributed by atoms with E-state index < -0.39 is 11.8 Å². The van der Waals surface area contributed by atoms with E-state index in [1.54, 1.807) is 24.5 Å². The molecule has 0 spiro atoms. The third-order valence-corrected chi connectivity index (χ3v) is 4.83. The number of thiophene rings is 1. The van der Waals surface area contributed by atoms with Crippen LogP contribution in [0.3, 0.4) is 0 Å². The van der Waals surface area contributed by atoms with Crippen LogP contribution in [0.1, 0.15) is 4.88 Å². The predicted molar refractivity (Wildman–Crippen MR) is 99.9 cm³/mol. The average molecular weight is 384 g/mol. The van der Waals surface area contributed by atoms with Crippen molar-refractivity contribution >= 4 is 28.8 Å². The number of amides is 2. The van der Waals surface area contributed by atoms with Crippen molar-refractivity contribution in [1.29, 1.82) is 0 Å². The number of ether oxygens (including phenoxy) is 2. The lowest BCUT2D eigenvalue weighted by Crippen LogP contribution is -2.34. The second kappa shape index (κ2) is 7.55. The van der Waals surface area contributed by atoms with E-state index in [0.717, 1.165) is 16.2 Å². The Morgan fingerprint density at radius 3 is 2.70 bits per heavy atom. The summed E-state index contributed by atoms with van der Waals surface area (Å²) in [4.78, 5) is 25.1. The summed E-state index contributed by atoms with van der Waals surface area (Å²) in [5.41, 5.74) is 1.41. The Morgan fingerprint density at radius 1 is 1.04 bits per heavy atom. The molecule has 8 heteroatoms. The van der Waals surface area contributed by atoms with Crippen molar-refractivity contribution in [3.63, 3.8) is 0 Å². The predicted octanol–water partition coefficient (Wildman–Crippen LogP) is 3.03. The van der Waals surface area contributed by atoms with E-state index in [2.05, 4.69) is 10.6 Å². The zero-order valence-corrected chi connectivity index (χ0v) is 15.0. The zero-order chi connectivity index (χ0) is 18.6. The zero-order valence-electron chi connectivity index (χ0n) is 14.2. The van der Waals surface area contributed by atoms with E-state index in [4.69, 9.17) is 13.9 Å². The van der Waals surface area contributed by atoms with Gasteiger partial charge < -0.3 is 24.5 Å². The van der Waals surface area contributed by atoms with Crippen molar-refractivity contribution in [2.75, 3.05) is 18.5 Å². The Bertz CT molecular complexity index is 964. The molecule has 0 atom stereocenters. The molecule has 3 heterocycles. The topological polar surface area (TPSA) is 89.8 Å². The number of furan rings is 1. The van der Waals surface area contributed by atoms with Crippen LogP contribution < -0.4 is 20.1 Å². The minimum atomic E-state index is -0.741. The maximum Gasteiger partial charge on any atom is 0.313 e. The van der Waals surface area contributed by atoms with Gasteiger partial charge in [0.25, 0.3) is 0 Å². The van der Waals surface area contributed by atoms with Crippen LogP contribution in [0.2, 0.25) is 0 Å². The Labute approximate surface area is 158 Å². The number of hydrogen-bond acceptors (Lipinski definition) is 6. The first kappa shape index (κ1) is 17.2. The second-order valence-electron chi connectivity index (χ2n) is 5.77. The first-order chi connectivity index (χ1) is 13.2. The lowest BCUT2D eigenvalue weighted by atomic mass is 10.2. The molecule has 138 valence electrons. The molecule has 1 aliphatic rings. The van der Waals surface area contributed by atoms with Gasteiger partial charge in [-0.25, -0.2) is 0 Å². The van der Waals surface area contributed by atoms with Gasteiger partial charge in [-0.2, -0.15) is 0 Å². The monoisotopic (exact) mass is 384 g/mol. The highest BCUT2D eigenvalue weighted by atomic mass is 32.1. The van der Waals surface area contributed by atoms with Crippen LogP contribution >= 0.6 is 11.3 Å². The molecule has 0 saturated heterocycles. The minimum absolute atomic E-state index is 0.263. The molecule has 0 aliphatic carbocycles. The van der Waals surface area contributed by atoms with E-state index in [0.29, 0.717) is 30.4 Å². The molecule has 27 heavy (non-hydrogen) atoms. The molecule has 4 rings (SSSR count). The van der Waals surface area contributed by atoms with Crippen LogP contribution in [0.5, 0.6) is 11.5 Å². The number of carbonyl (C=O) groups excluding carboxylic acids is 2. The number of carbonyl (C=O) groups is 2. The summed E-state index contributed by atoms with van der Waals surface area (Å²) >= 11 is 1.48. The number of nitrogens with one attached hydrogen (secondary N) is 2. The number of anilines is 1. The highest BCUT2D eigenvalue weighted by Gasteiger charge is 2.17. The first-order valence-electron chi connectivity index (χ1n) is 8.29. The summed E-state index contributed by atoms with van der Waals surface area (Å²) < 4.78 is 16.2. The maximum absolute atomic E-state index is 12.1. The van der Waals surface area contributed by atoms with E-state index >= 15 is 0 Å². The molecule has 0 unspecified atom stereocenters. The van der Waals surface area contributed by atoms with Gasteiger partial charge in [-0.05, 0) is 30.3 Å². The smallest absolute Gasteiger partial charge is 0.313 e. The van der Waals surface area contributed by atoms with Crippen molar-refractivity contribution in [1.82, 2.24) is 5.32 Å². The van der Waals surface area contributed by atoms with Gasteiger partial charge in [0, 0.05) is 27.6 Å². The fraction of sp³-hybridized carbons (Fsp3) is 0.158. The Balaban J connectivity index is 1.32. The molecule has 0 radical (unpaired) electrons. The van der Waals surface area contributed by atoms with Crippen LogP contribution in [0.15, 0.2) is 52.5 Å². The highest BCUT2D eigenvalue weighted by molar-refractivity contribution is 7.10. The largest absolute Gasteiger partial charge is 0.486 e. The average Bonchev–Trinajstić information content (AvgIpc) is 3.37. The highest BCUT2D eigenvalue weighted by Crippen LogP contribution is 2.32. The molecule has 2 N–H and O–H groups in total. The van der Waals surface area contributed by atoms with E-state index in [1.807, 2.05) is 23.6 Å². The van der Waals surface area contributed by atoms with Crippen molar-refractivity contribution in [3.05, 3.63) is 52.9 Å². The lowest BCUT2D eigenvalue weighted by molar-refractivity contribution is -0.136. The van der Waals surface area contributed by atoms with Crippen LogP contribution in [-0.2, 0) is 16.1 Å². The molecule has 0 fully saturated rings. The number of hydrogen-bond donors (Lipinski definition) is 2. The lowest BCUT2D eigenvalue weighted by Gasteiger charge is -2.18. The van der Waals surface area contributed by atoms with Crippen molar-refractivity contribution in [2.45, 2.75) is 6.54 Å². The fourth-order valence-corrected chi connectivity index (χ4v) is 3.42. The van der Waals surface area contributed by atoms with Gasteiger partial charge in [-0.15, -0.1) is 11.3 Å². The molecular formula is C19H16N2O5S. The molecular weight excluding hydrogens is 368 g/mol. The molecule has 0 saturated carbocycles. The van der Waals surface area contributed by atoms with Gasteiger partial charge in [-0.1, -0.05) is 0 Å². The van der Waals surface area contributed by atoms with Crippen LogP contribution in [-0.4, -0.2) is 25.0 Å². The molecule has 3 aromatic rings. The van der Waals surface area contributed by atoms with Crippen LogP contribution in [0.25, 0.3) is 11.3 Å². The molecule has 1 aliphatic heterocycles. The van der Waals surface area contributed by atoms with Crippen LogP contribution in [0.4, 0.5) is 5.69 Å². The third kappa shape index (κ3) is 3.95. The summed E-state index contributed by atoms with van der Waals surface area (Å²) in [6.07, 6.45) is 1.61. The van der Waals surface area contributed by atoms with Gasteiger partial charge in [0.2, 0.25) is 0 Å². The van der Waals surface area contributed by atoms with Gasteiger partial charge in [0.15, 0.2) is 11.5 Å². The summed E-state index contributed by atoms with van der Waals surface area (Å²) in [6.45, 7) is 1.20. The Kier molecular flexibility index (Phi) is 4.80. The van der Waals surface area contributed by atoms with Crippen molar-refractivity contribution in [2.24, 2.45) is 0 Å². The van der Waals surface area contributed by atoms with Crippen molar-refractivity contribution < 1.29 is 23.5 Å². The SMILES string of the molecule is O=C(NCc1cc(-c2ccco2)cs1)C(=O)Nc1ccc2c(c1)OCCO2. The van der Waals surface area contributed by atoms with E-state index in [1.165, 1.54) is 11.3 Å². The quantitative estimate of drug-likeness (QED) is 0.675. The summed E-state index contributed by atoms with van der Waals surface area (Å²) in [5, 5.41) is 7.11. The minimum Gasteiger partial charge on any atom is -0.486 e. The standard InChI is InChI=1S/C19H16N2O5S/c22-18(20-10-14-8-12(11-27-14)15-2-1-5-24-15)19(23)21-13-3-4-16-17(9-13)26-7-6-25-16/h1-5,8-9,11H,6-7,10H2,(H,20,22)(H,21,23). The van der Waals surface area contributed by atoms with Gasteiger partial charge >= 0.3 is 11.8 Å². The summed E-state index contributed by atoms with van der Waals surface area (Å²) in [6, 6.07) is 10.6. The Hall–Kier alpha value is -3.26. The molecule has 2 amide bonds. The van der Waals surface area contributed by atoms with Gasteiger partial charge in [-0.3, -0.25) is 9.59 Å². The molecule has 2 aromatic heterocycles. The van der Waals surface area contributed by atoms with Crippen LogP contribution in [0, 0.1) is 0 Å². The molecule has 0 bridgehead atoms. The fourth-order valence-electron chi connectivity index (χ4n) is 2.60. The summed E-state index contributed by atoms with van der Waals surface area (Å²) in [5.74, 6) is 0.477. The number of rotatable bonds is 4. The molecule has 1 aromatic carbocycles. The first-order valence-corrected chi connectivity index (χ1v) is 9.17. The normalized spacial score (nSPS) is 12.4. The van der Waals surface area contributed by atoms with Crippen molar-refractivity contribution in [3.8, 4) is 22.8 Å². The number of benzene rings is 1. The van der Waals surface area contributed by atoms with E-state index in [-0.39, 0.29) is 6.54 Å². The van der Waals surface area contributed by atoms with E-state index in [9.17, 15) is 9.59 Å². The molecule has 7 nitrogen and oxygen atoms in total. The number of fused-ring (bicyclic) bond motifs is 1.